The second-order valence-electron chi connectivity index (χ2n) is 4.14. The maximum atomic E-state index is 11.7. The van der Waals surface area contributed by atoms with Crippen molar-refractivity contribution in [1.82, 2.24) is 5.32 Å². The molecule has 0 aromatic heterocycles. The first kappa shape index (κ1) is 16.1. The normalized spacial score (nSPS) is 14.3. The van der Waals surface area contributed by atoms with Gasteiger partial charge in [-0.3, -0.25) is 4.79 Å². The number of rotatable bonds is 6. The molecule has 2 N–H and O–H groups in total. The summed E-state index contributed by atoms with van der Waals surface area (Å²) in [5.41, 5.74) is 0.913. The fourth-order valence-electron chi connectivity index (χ4n) is 1.55. The zero-order valence-electron chi connectivity index (χ0n) is 11.0. The van der Waals surface area contributed by atoms with Gasteiger partial charge in [0, 0.05) is 22.4 Å². The molecule has 2 unspecified atom stereocenters. The molecule has 0 saturated carbocycles. The van der Waals surface area contributed by atoms with Crippen molar-refractivity contribution < 1.29 is 9.90 Å². The van der Waals surface area contributed by atoms with Gasteiger partial charge >= 0.3 is 0 Å². The topological polar surface area (TPSA) is 49.3 Å². The maximum absolute atomic E-state index is 11.7. The minimum atomic E-state index is -0.171. The number of carbonyl (C=O) groups is 1. The van der Waals surface area contributed by atoms with Gasteiger partial charge in [-0.15, -0.1) is 0 Å². The van der Waals surface area contributed by atoms with Crippen LogP contribution in [0.3, 0.4) is 0 Å². The van der Waals surface area contributed by atoms with E-state index in [4.69, 9.17) is 16.7 Å². The molecular weight excluding hydrogens is 282 g/mol. The molecule has 0 saturated heterocycles. The fraction of sp³-hybridized carbons (Fsp3) is 0.357. The summed E-state index contributed by atoms with van der Waals surface area (Å²) in [5, 5.41) is 12.6. The molecule has 5 heteroatoms. The molecule has 2 atom stereocenters. The van der Waals surface area contributed by atoms with Crippen LogP contribution in [0.4, 0.5) is 0 Å². The van der Waals surface area contributed by atoms with Crippen molar-refractivity contribution in [2.75, 3.05) is 12.9 Å². The second kappa shape index (κ2) is 8.25. The van der Waals surface area contributed by atoms with Gasteiger partial charge in [-0.25, -0.2) is 0 Å². The summed E-state index contributed by atoms with van der Waals surface area (Å²) in [6.07, 6.45) is 5.12. The molecule has 1 aromatic rings. The minimum Gasteiger partial charge on any atom is -0.395 e. The molecule has 0 aliphatic heterocycles. The molecule has 0 spiro atoms. The van der Waals surface area contributed by atoms with E-state index in [1.807, 2.05) is 25.3 Å². The van der Waals surface area contributed by atoms with Crippen molar-refractivity contribution >= 4 is 35.3 Å². The van der Waals surface area contributed by atoms with Crippen molar-refractivity contribution in [1.29, 1.82) is 0 Å². The van der Waals surface area contributed by atoms with Crippen molar-refractivity contribution in [2.24, 2.45) is 0 Å². The Labute approximate surface area is 123 Å². The zero-order chi connectivity index (χ0) is 14.3. The van der Waals surface area contributed by atoms with Crippen LogP contribution in [0.2, 0.25) is 5.02 Å². The van der Waals surface area contributed by atoms with Crippen molar-refractivity contribution in [2.45, 2.75) is 18.2 Å². The Morgan fingerprint density at radius 3 is 2.63 bits per heavy atom. The molecule has 0 heterocycles. The molecule has 0 aliphatic rings. The summed E-state index contributed by atoms with van der Waals surface area (Å²) in [5.74, 6) is -0.171. The van der Waals surface area contributed by atoms with Crippen LogP contribution in [0.5, 0.6) is 0 Å². The Morgan fingerprint density at radius 2 is 2.11 bits per heavy atom. The van der Waals surface area contributed by atoms with Crippen molar-refractivity contribution in [3.8, 4) is 0 Å². The lowest BCUT2D eigenvalue weighted by Crippen LogP contribution is -2.40. The summed E-state index contributed by atoms with van der Waals surface area (Å²) in [6.45, 7) is 1.93. The molecule has 0 aliphatic carbocycles. The summed E-state index contributed by atoms with van der Waals surface area (Å²) in [4.78, 5) is 11.7. The van der Waals surface area contributed by atoms with Gasteiger partial charge in [-0.1, -0.05) is 23.7 Å². The highest BCUT2D eigenvalue weighted by atomic mass is 35.5. The number of benzene rings is 1. The number of aliphatic hydroxyl groups excluding tert-OH is 1. The Hall–Kier alpha value is -0.970. The summed E-state index contributed by atoms with van der Waals surface area (Å²) < 4.78 is 0. The first-order valence-electron chi connectivity index (χ1n) is 5.94. The number of aliphatic hydroxyl groups is 1. The lowest BCUT2D eigenvalue weighted by Gasteiger charge is -2.20. The van der Waals surface area contributed by atoms with Crippen LogP contribution in [0.25, 0.3) is 6.08 Å². The van der Waals surface area contributed by atoms with E-state index >= 15 is 0 Å². The quantitative estimate of drug-likeness (QED) is 0.794. The van der Waals surface area contributed by atoms with Crippen LogP contribution >= 0.6 is 23.4 Å². The Kier molecular flexibility index (Phi) is 6.99. The van der Waals surface area contributed by atoms with Gasteiger partial charge in [-0.2, -0.15) is 11.8 Å². The van der Waals surface area contributed by atoms with E-state index in [2.05, 4.69) is 5.32 Å². The Morgan fingerprint density at radius 1 is 1.47 bits per heavy atom. The number of halogens is 1. The highest BCUT2D eigenvalue weighted by molar-refractivity contribution is 7.99. The first-order valence-corrected chi connectivity index (χ1v) is 7.61. The highest BCUT2D eigenvalue weighted by Gasteiger charge is 2.15. The number of amides is 1. The van der Waals surface area contributed by atoms with E-state index in [0.717, 1.165) is 5.56 Å². The average molecular weight is 300 g/mol. The SMILES string of the molecule is CSC(CO)C(C)NC(=O)/C=C/c1ccc(Cl)cc1. The van der Waals surface area contributed by atoms with Crippen LogP contribution in [0, 0.1) is 0 Å². The van der Waals surface area contributed by atoms with E-state index in [1.165, 1.54) is 17.8 Å². The van der Waals surface area contributed by atoms with Gasteiger partial charge in [0.15, 0.2) is 0 Å². The molecule has 0 radical (unpaired) electrons. The number of nitrogens with one attached hydrogen (secondary N) is 1. The molecule has 0 bridgehead atoms. The number of carbonyl (C=O) groups excluding carboxylic acids is 1. The predicted octanol–water partition coefficient (Wildman–Crippen LogP) is 2.58. The van der Waals surface area contributed by atoms with E-state index in [0.29, 0.717) is 5.02 Å². The zero-order valence-corrected chi connectivity index (χ0v) is 12.5. The molecule has 0 fully saturated rings. The third kappa shape index (κ3) is 5.68. The lowest BCUT2D eigenvalue weighted by atomic mass is 10.2. The number of hydrogen-bond acceptors (Lipinski definition) is 3. The van der Waals surface area contributed by atoms with Crippen LogP contribution in [-0.2, 0) is 4.79 Å². The van der Waals surface area contributed by atoms with Crippen LogP contribution in [-0.4, -0.2) is 35.2 Å². The number of thioether (sulfide) groups is 1. The molecule has 1 aromatic carbocycles. The van der Waals surface area contributed by atoms with Gasteiger partial charge in [0.25, 0.3) is 0 Å². The number of hydrogen-bond donors (Lipinski definition) is 2. The molecule has 104 valence electrons. The monoisotopic (exact) mass is 299 g/mol. The third-order valence-electron chi connectivity index (χ3n) is 2.71. The smallest absolute Gasteiger partial charge is 0.244 e. The molecular formula is C14H18ClNO2S. The van der Waals surface area contributed by atoms with Crippen LogP contribution in [0.15, 0.2) is 30.3 Å². The van der Waals surface area contributed by atoms with Gasteiger partial charge in [0.05, 0.1) is 6.61 Å². The van der Waals surface area contributed by atoms with Gasteiger partial charge < -0.3 is 10.4 Å². The summed E-state index contributed by atoms with van der Waals surface area (Å²) in [7, 11) is 0. The lowest BCUT2D eigenvalue weighted by molar-refractivity contribution is -0.117. The van der Waals surface area contributed by atoms with E-state index in [1.54, 1.807) is 18.2 Å². The predicted molar refractivity (Wildman–Crippen MR) is 82.5 cm³/mol. The van der Waals surface area contributed by atoms with Crippen LogP contribution < -0.4 is 5.32 Å². The molecule has 19 heavy (non-hydrogen) atoms. The molecule has 1 amide bonds. The highest BCUT2D eigenvalue weighted by Crippen LogP contribution is 2.11. The second-order valence-corrected chi connectivity index (χ2v) is 5.65. The Balaban J connectivity index is 2.53. The third-order valence-corrected chi connectivity index (χ3v) is 4.12. The largest absolute Gasteiger partial charge is 0.395 e. The molecule has 1 rings (SSSR count). The van der Waals surface area contributed by atoms with E-state index in [-0.39, 0.29) is 23.8 Å². The van der Waals surface area contributed by atoms with Gasteiger partial charge in [0.2, 0.25) is 5.91 Å². The summed E-state index contributed by atoms with van der Waals surface area (Å²) >= 11 is 7.31. The first-order chi connectivity index (χ1) is 9.06. The molecule has 3 nitrogen and oxygen atoms in total. The maximum Gasteiger partial charge on any atom is 0.244 e. The van der Waals surface area contributed by atoms with Crippen LogP contribution in [0.1, 0.15) is 12.5 Å². The standard InChI is InChI=1S/C14H18ClNO2S/c1-10(13(9-17)19-2)16-14(18)8-5-11-3-6-12(15)7-4-11/h3-8,10,13,17H,9H2,1-2H3,(H,16,18)/b8-5+. The van der Waals surface area contributed by atoms with E-state index < -0.39 is 0 Å². The fourth-order valence-corrected chi connectivity index (χ4v) is 2.30. The van der Waals surface area contributed by atoms with Gasteiger partial charge in [0.1, 0.15) is 0 Å². The summed E-state index contributed by atoms with van der Waals surface area (Å²) in [6, 6.07) is 7.15. The minimum absolute atomic E-state index is 0.00730. The van der Waals surface area contributed by atoms with Gasteiger partial charge in [-0.05, 0) is 37.0 Å². The van der Waals surface area contributed by atoms with Crippen molar-refractivity contribution in [3.05, 3.63) is 40.9 Å². The van der Waals surface area contributed by atoms with E-state index in [9.17, 15) is 4.79 Å². The van der Waals surface area contributed by atoms with Crippen molar-refractivity contribution in [3.63, 3.8) is 0 Å². The average Bonchev–Trinajstić information content (AvgIpc) is 2.39. The Bertz CT molecular complexity index is 430.